The Kier molecular flexibility index (Phi) is 6.04. The third kappa shape index (κ3) is 4.95. The van der Waals surface area contributed by atoms with Gasteiger partial charge in [-0.3, -0.25) is 0 Å². The summed E-state index contributed by atoms with van der Waals surface area (Å²) in [5, 5.41) is 0. The lowest BCUT2D eigenvalue weighted by molar-refractivity contribution is 0.323. The first-order valence-electron chi connectivity index (χ1n) is 6.95. The lowest BCUT2D eigenvalue weighted by Gasteiger charge is -2.10. The van der Waals surface area contributed by atoms with E-state index in [4.69, 9.17) is 9.47 Å². The van der Waals surface area contributed by atoms with Gasteiger partial charge in [0.05, 0.1) is 16.5 Å². The van der Waals surface area contributed by atoms with Crippen molar-refractivity contribution in [3.05, 3.63) is 52.5 Å². The van der Waals surface area contributed by atoms with Crippen molar-refractivity contribution in [3.8, 4) is 11.5 Å². The van der Waals surface area contributed by atoms with E-state index < -0.39 is 10.0 Å². The molecule has 0 amide bonds. The maximum Gasteiger partial charge on any atom is 0.240 e. The highest BCUT2D eigenvalue weighted by atomic mass is 79.9. The first-order chi connectivity index (χ1) is 10.9. The highest BCUT2D eigenvalue weighted by Crippen LogP contribution is 2.27. The number of rotatable bonds is 7. The van der Waals surface area contributed by atoms with Crippen molar-refractivity contribution < 1.29 is 17.9 Å². The number of hydrogen-bond donors (Lipinski definition) is 1. The van der Waals surface area contributed by atoms with Crippen LogP contribution >= 0.6 is 15.9 Å². The van der Waals surface area contributed by atoms with Gasteiger partial charge in [-0.1, -0.05) is 17.7 Å². The van der Waals surface area contributed by atoms with Gasteiger partial charge in [-0.15, -0.1) is 0 Å². The number of hydrogen-bond acceptors (Lipinski definition) is 4. The standard InChI is InChI=1S/C16H18BrNO4S/c1-12-3-5-13(6-4-12)22-10-9-18-23(19,20)14-7-8-16(21-2)15(17)11-14/h3-8,11,18H,9-10H2,1-2H3. The Hall–Kier alpha value is -1.57. The SMILES string of the molecule is COc1ccc(S(=O)(=O)NCCOc2ccc(C)cc2)cc1Br. The molecule has 5 nitrogen and oxygen atoms in total. The number of ether oxygens (including phenoxy) is 2. The van der Waals surface area contributed by atoms with Crippen LogP contribution in [0.1, 0.15) is 5.56 Å². The van der Waals surface area contributed by atoms with Crippen molar-refractivity contribution in [3.63, 3.8) is 0 Å². The van der Waals surface area contributed by atoms with Crippen LogP contribution in [0.4, 0.5) is 0 Å². The molecular formula is C16H18BrNO4S. The number of benzene rings is 2. The van der Waals surface area contributed by atoms with Crippen LogP contribution in [0.25, 0.3) is 0 Å². The second kappa shape index (κ2) is 7.81. The van der Waals surface area contributed by atoms with Gasteiger partial charge >= 0.3 is 0 Å². The number of aryl methyl sites for hydroxylation is 1. The molecule has 0 saturated heterocycles. The summed E-state index contributed by atoms with van der Waals surface area (Å²) >= 11 is 3.28. The van der Waals surface area contributed by atoms with Crippen molar-refractivity contribution in [1.29, 1.82) is 0 Å². The van der Waals surface area contributed by atoms with Gasteiger partial charge < -0.3 is 9.47 Å². The quantitative estimate of drug-likeness (QED) is 0.726. The molecular weight excluding hydrogens is 382 g/mol. The molecule has 0 atom stereocenters. The Labute approximate surface area is 144 Å². The van der Waals surface area contributed by atoms with Crippen LogP contribution in [0, 0.1) is 6.92 Å². The lowest BCUT2D eigenvalue weighted by atomic mass is 10.2. The first-order valence-corrected chi connectivity index (χ1v) is 9.22. The van der Waals surface area contributed by atoms with E-state index in [1.807, 2.05) is 31.2 Å². The van der Waals surface area contributed by atoms with E-state index in [-0.39, 0.29) is 18.0 Å². The second-order valence-electron chi connectivity index (χ2n) is 4.86. The molecule has 2 rings (SSSR count). The molecule has 0 radical (unpaired) electrons. The molecule has 0 aromatic heterocycles. The summed E-state index contributed by atoms with van der Waals surface area (Å²) < 4.78 is 38.1. The van der Waals surface area contributed by atoms with E-state index in [0.717, 1.165) is 5.56 Å². The van der Waals surface area contributed by atoms with Gasteiger partial charge in [0.25, 0.3) is 0 Å². The zero-order valence-corrected chi connectivity index (χ0v) is 15.3. The molecule has 0 unspecified atom stereocenters. The van der Waals surface area contributed by atoms with Gasteiger partial charge in [0, 0.05) is 6.54 Å². The average Bonchev–Trinajstić information content (AvgIpc) is 2.53. The summed E-state index contributed by atoms with van der Waals surface area (Å²) in [7, 11) is -2.06. The number of nitrogens with one attached hydrogen (secondary N) is 1. The summed E-state index contributed by atoms with van der Waals surface area (Å²) in [5.41, 5.74) is 1.14. The van der Waals surface area contributed by atoms with Crippen LogP contribution in [0.15, 0.2) is 51.8 Å². The Morgan fingerprint density at radius 3 is 2.43 bits per heavy atom. The third-order valence-electron chi connectivity index (χ3n) is 3.12. The molecule has 2 aromatic rings. The molecule has 0 heterocycles. The molecule has 0 saturated carbocycles. The maximum absolute atomic E-state index is 12.2. The highest BCUT2D eigenvalue weighted by molar-refractivity contribution is 9.10. The fourth-order valence-corrected chi connectivity index (χ4v) is 3.61. The van der Waals surface area contributed by atoms with Crippen LogP contribution in [0.3, 0.4) is 0 Å². The van der Waals surface area contributed by atoms with Crippen molar-refractivity contribution in [2.75, 3.05) is 20.3 Å². The molecule has 0 spiro atoms. The fraction of sp³-hybridized carbons (Fsp3) is 0.250. The van der Waals surface area contributed by atoms with Crippen LogP contribution in [-0.2, 0) is 10.0 Å². The molecule has 0 aliphatic carbocycles. The van der Waals surface area contributed by atoms with Gasteiger partial charge in [0.15, 0.2) is 0 Å². The molecule has 1 N–H and O–H groups in total. The monoisotopic (exact) mass is 399 g/mol. The molecule has 0 fully saturated rings. The van der Waals surface area contributed by atoms with Gasteiger partial charge in [-0.2, -0.15) is 0 Å². The van der Waals surface area contributed by atoms with Crippen LogP contribution in [-0.4, -0.2) is 28.7 Å². The van der Waals surface area contributed by atoms with Crippen LogP contribution in [0.5, 0.6) is 11.5 Å². The topological polar surface area (TPSA) is 64.6 Å². The normalized spacial score (nSPS) is 11.3. The zero-order chi connectivity index (χ0) is 16.9. The number of halogens is 1. The first kappa shape index (κ1) is 17.8. The highest BCUT2D eigenvalue weighted by Gasteiger charge is 2.15. The van der Waals surface area contributed by atoms with Gasteiger partial charge in [0.2, 0.25) is 10.0 Å². The fourth-order valence-electron chi connectivity index (χ4n) is 1.88. The Morgan fingerprint density at radius 1 is 1.13 bits per heavy atom. The summed E-state index contributed by atoms with van der Waals surface area (Å²) in [6.07, 6.45) is 0. The number of sulfonamides is 1. The van der Waals surface area contributed by atoms with Crippen molar-refractivity contribution in [2.45, 2.75) is 11.8 Å². The van der Waals surface area contributed by atoms with Crippen LogP contribution < -0.4 is 14.2 Å². The van der Waals surface area contributed by atoms with Crippen molar-refractivity contribution >= 4 is 26.0 Å². The smallest absolute Gasteiger partial charge is 0.240 e. The maximum atomic E-state index is 12.2. The summed E-state index contributed by atoms with van der Waals surface area (Å²) in [6, 6.07) is 12.2. The third-order valence-corrected chi connectivity index (χ3v) is 5.20. The predicted molar refractivity (Wildman–Crippen MR) is 92.6 cm³/mol. The minimum atomic E-state index is -3.58. The van der Waals surface area contributed by atoms with E-state index in [1.54, 1.807) is 6.07 Å². The van der Waals surface area contributed by atoms with Crippen molar-refractivity contribution in [1.82, 2.24) is 4.72 Å². The molecule has 7 heteroatoms. The summed E-state index contributed by atoms with van der Waals surface area (Å²) in [6.45, 7) is 2.42. The summed E-state index contributed by atoms with van der Waals surface area (Å²) in [5.74, 6) is 1.29. The van der Waals surface area contributed by atoms with Gasteiger partial charge in [-0.25, -0.2) is 13.1 Å². The van der Waals surface area contributed by atoms with E-state index in [1.165, 1.54) is 19.2 Å². The molecule has 0 bridgehead atoms. The second-order valence-corrected chi connectivity index (χ2v) is 7.48. The Balaban J connectivity index is 1.91. The van der Waals surface area contributed by atoms with E-state index in [2.05, 4.69) is 20.7 Å². The van der Waals surface area contributed by atoms with Gasteiger partial charge in [0.1, 0.15) is 18.1 Å². The lowest BCUT2D eigenvalue weighted by Crippen LogP contribution is -2.28. The van der Waals surface area contributed by atoms with Crippen LogP contribution in [0.2, 0.25) is 0 Å². The van der Waals surface area contributed by atoms with E-state index >= 15 is 0 Å². The summed E-state index contributed by atoms with van der Waals surface area (Å²) in [4.78, 5) is 0.167. The molecule has 0 aliphatic rings. The van der Waals surface area contributed by atoms with E-state index in [0.29, 0.717) is 16.0 Å². The minimum Gasteiger partial charge on any atom is -0.496 e. The van der Waals surface area contributed by atoms with Gasteiger partial charge in [-0.05, 0) is 53.2 Å². The predicted octanol–water partition coefficient (Wildman–Crippen LogP) is 3.12. The average molecular weight is 400 g/mol. The van der Waals surface area contributed by atoms with Crippen molar-refractivity contribution in [2.24, 2.45) is 0 Å². The Morgan fingerprint density at radius 2 is 1.83 bits per heavy atom. The Bertz CT molecular complexity index is 760. The molecule has 23 heavy (non-hydrogen) atoms. The molecule has 124 valence electrons. The minimum absolute atomic E-state index is 0.167. The van der Waals surface area contributed by atoms with E-state index in [9.17, 15) is 8.42 Å². The zero-order valence-electron chi connectivity index (χ0n) is 12.9. The molecule has 0 aliphatic heterocycles. The molecule has 2 aromatic carbocycles. The largest absolute Gasteiger partial charge is 0.496 e. The number of methoxy groups -OCH3 is 1.